The highest BCUT2D eigenvalue weighted by Gasteiger charge is 2.28. The molecule has 3 aromatic rings. The van der Waals surface area contributed by atoms with Crippen LogP contribution in [0.2, 0.25) is 0 Å². The number of hydrogen-bond donors (Lipinski definition) is 1. The average molecular weight is 495 g/mol. The Labute approximate surface area is 213 Å². The average Bonchev–Trinajstić information content (AvgIpc) is 2.91. The summed E-state index contributed by atoms with van der Waals surface area (Å²) in [5.74, 6) is 3.88. The Morgan fingerprint density at radius 3 is 2.77 bits per heavy atom. The lowest BCUT2D eigenvalue weighted by Crippen LogP contribution is -2.42. The van der Waals surface area contributed by atoms with E-state index in [-0.39, 0.29) is 6.61 Å². The van der Waals surface area contributed by atoms with Gasteiger partial charge in [0, 0.05) is 29.6 Å². The Morgan fingerprint density at radius 2 is 1.94 bits per heavy atom. The number of ether oxygens (including phenoxy) is 2. The Morgan fingerprint density at radius 1 is 1.06 bits per heavy atom. The number of para-hydroxylation sites is 1. The van der Waals surface area contributed by atoms with Gasteiger partial charge in [0.15, 0.2) is 0 Å². The van der Waals surface area contributed by atoms with Gasteiger partial charge in [0.25, 0.3) is 0 Å². The van der Waals surface area contributed by atoms with Crippen molar-refractivity contribution in [3.63, 3.8) is 0 Å². The zero-order chi connectivity index (χ0) is 24.5. The molecule has 0 aliphatic carbocycles. The minimum absolute atomic E-state index is 0.284. The van der Waals surface area contributed by atoms with Crippen LogP contribution in [0.4, 0.5) is 0 Å². The van der Waals surface area contributed by atoms with Crippen molar-refractivity contribution in [3.05, 3.63) is 60.3 Å². The highest BCUT2D eigenvalue weighted by atomic mass is 32.2. The maximum atomic E-state index is 10.1. The van der Waals surface area contributed by atoms with E-state index in [9.17, 15) is 5.11 Å². The standard InChI is InChI=1S/C29H38N2O3S/c1-33-25-11-12-27-26(19-25)23(13-15-30-27)8-5-7-22-14-17-31(20-24(22)21-32)16-6-18-35-29-10-4-3-9-28(29)34-2/h3-4,9-13,15,19,22,24,32H,5-8,14,16-18,20-21H2,1-2H3/t22-,24-/m1/s1. The Hall–Kier alpha value is -2.28. The zero-order valence-electron chi connectivity index (χ0n) is 21.0. The number of piperidine rings is 1. The summed E-state index contributed by atoms with van der Waals surface area (Å²) in [5.41, 5.74) is 2.35. The highest BCUT2D eigenvalue weighted by molar-refractivity contribution is 7.99. The lowest BCUT2D eigenvalue weighted by Gasteiger charge is -2.38. The van der Waals surface area contributed by atoms with Crippen LogP contribution in [-0.4, -0.2) is 61.2 Å². The lowest BCUT2D eigenvalue weighted by molar-refractivity contribution is 0.0677. The first-order valence-corrected chi connectivity index (χ1v) is 13.7. The van der Waals surface area contributed by atoms with E-state index in [2.05, 4.69) is 34.1 Å². The molecular formula is C29H38N2O3S. The number of aryl methyl sites for hydroxylation is 1. The number of rotatable bonds is 12. The van der Waals surface area contributed by atoms with Crippen LogP contribution in [0.5, 0.6) is 11.5 Å². The molecule has 2 atom stereocenters. The van der Waals surface area contributed by atoms with E-state index in [0.29, 0.717) is 11.8 Å². The molecule has 5 nitrogen and oxygen atoms in total. The monoisotopic (exact) mass is 494 g/mol. The summed E-state index contributed by atoms with van der Waals surface area (Å²) in [6.45, 7) is 3.52. The van der Waals surface area contributed by atoms with Crippen molar-refractivity contribution >= 4 is 22.7 Å². The normalized spacial score (nSPS) is 18.6. The Bertz CT molecular complexity index is 1080. The first-order chi connectivity index (χ1) is 17.2. The summed E-state index contributed by atoms with van der Waals surface area (Å²) in [5, 5.41) is 11.3. The lowest BCUT2D eigenvalue weighted by atomic mass is 9.82. The summed E-state index contributed by atoms with van der Waals surface area (Å²) in [7, 11) is 3.44. The Kier molecular flexibility index (Phi) is 9.69. The molecule has 1 aliphatic rings. The van der Waals surface area contributed by atoms with Crippen molar-refractivity contribution in [1.82, 2.24) is 9.88 Å². The van der Waals surface area contributed by atoms with Crippen molar-refractivity contribution in [2.45, 2.75) is 37.0 Å². The third kappa shape index (κ3) is 6.90. The second-order valence-electron chi connectivity index (χ2n) is 9.39. The van der Waals surface area contributed by atoms with E-state index in [1.807, 2.05) is 42.2 Å². The fourth-order valence-electron chi connectivity index (χ4n) is 5.24. The minimum Gasteiger partial charge on any atom is -0.497 e. The predicted molar refractivity (Wildman–Crippen MR) is 145 cm³/mol. The molecular weight excluding hydrogens is 456 g/mol. The largest absolute Gasteiger partial charge is 0.497 e. The van der Waals surface area contributed by atoms with Crippen molar-refractivity contribution < 1.29 is 14.6 Å². The molecule has 0 bridgehead atoms. The molecule has 2 heterocycles. The molecule has 1 aromatic heterocycles. The molecule has 35 heavy (non-hydrogen) atoms. The first kappa shape index (κ1) is 25.8. The molecule has 4 rings (SSSR count). The van der Waals surface area contributed by atoms with E-state index in [4.69, 9.17) is 9.47 Å². The molecule has 6 heteroatoms. The fourth-order valence-corrected chi connectivity index (χ4v) is 6.20. The molecule has 0 amide bonds. The quantitative estimate of drug-likeness (QED) is 0.258. The van der Waals surface area contributed by atoms with Gasteiger partial charge in [0.05, 0.1) is 19.7 Å². The van der Waals surface area contributed by atoms with E-state index < -0.39 is 0 Å². The minimum atomic E-state index is 0.284. The summed E-state index contributed by atoms with van der Waals surface area (Å²) in [6, 6.07) is 16.5. The number of hydrogen-bond acceptors (Lipinski definition) is 6. The molecule has 1 aliphatic heterocycles. The van der Waals surface area contributed by atoms with Gasteiger partial charge in [-0.05, 0) is 105 Å². The van der Waals surface area contributed by atoms with Crippen LogP contribution in [0, 0.1) is 11.8 Å². The van der Waals surface area contributed by atoms with Gasteiger partial charge in [-0.25, -0.2) is 0 Å². The molecule has 0 unspecified atom stereocenters. The molecule has 1 fully saturated rings. The topological polar surface area (TPSA) is 54.8 Å². The van der Waals surface area contributed by atoms with Gasteiger partial charge in [-0.2, -0.15) is 0 Å². The van der Waals surface area contributed by atoms with E-state index in [1.165, 1.54) is 22.3 Å². The van der Waals surface area contributed by atoms with Crippen molar-refractivity contribution in [1.29, 1.82) is 0 Å². The van der Waals surface area contributed by atoms with Crippen molar-refractivity contribution in [3.8, 4) is 11.5 Å². The molecule has 1 N–H and O–H groups in total. The molecule has 0 saturated carbocycles. The number of aliphatic hydroxyl groups excluding tert-OH is 1. The van der Waals surface area contributed by atoms with Crippen LogP contribution in [-0.2, 0) is 6.42 Å². The maximum absolute atomic E-state index is 10.1. The number of benzene rings is 2. The van der Waals surface area contributed by atoms with Crippen LogP contribution in [0.1, 0.15) is 31.2 Å². The highest BCUT2D eigenvalue weighted by Crippen LogP contribution is 2.31. The van der Waals surface area contributed by atoms with Gasteiger partial charge in [0.1, 0.15) is 11.5 Å². The fraction of sp³-hybridized carbons (Fsp3) is 0.483. The number of pyridine rings is 1. The number of aliphatic hydroxyl groups is 1. The number of aromatic nitrogens is 1. The van der Waals surface area contributed by atoms with Gasteiger partial charge in [-0.3, -0.25) is 4.98 Å². The predicted octanol–water partition coefficient (Wildman–Crippen LogP) is 5.69. The zero-order valence-corrected chi connectivity index (χ0v) is 21.8. The van der Waals surface area contributed by atoms with Gasteiger partial charge in [0.2, 0.25) is 0 Å². The van der Waals surface area contributed by atoms with Crippen LogP contribution in [0.3, 0.4) is 0 Å². The molecule has 2 aromatic carbocycles. The summed E-state index contributed by atoms with van der Waals surface area (Å²) in [4.78, 5) is 8.26. The number of likely N-dealkylation sites (tertiary alicyclic amines) is 1. The number of methoxy groups -OCH3 is 2. The van der Waals surface area contributed by atoms with Crippen LogP contribution >= 0.6 is 11.8 Å². The summed E-state index contributed by atoms with van der Waals surface area (Å²) >= 11 is 1.87. The van der Waals surface area contributed by atoms with E-state index in [0.717, 1.165) is 68.1 Å². The summed E-state index contributed by atoms with van der Waals surface area (Å²) in [6.07, 6.45) is 7.56. The summed E-state index contributed by atoms with van der Waals surface area (Å²) < 4.78 is 10.9. The Balaban J connectivity index is 1.22. The number of nitrogens with zero attached hydrogens (tertiary/aromatic N) is 2. The van der Waals surface area contributed by atoms with Gasteiger partial charge in [-0.15, -0.1) is 11.8 Å². The van der Waals surface area contributed by atoms with Crippen LogP contribution in [0.15, 0.2) is 59.6 Å². The van der Waals surface area contributed by atoms with E-state index in [1.54, 1.807) is 14.2 Å². The van der Waals surface area contributed by atoms with Crippen LogP contribution in [0.25, 0.3) is 10.9 Å². The maximum Gasteiger partial charge on any atom is 0.132 e. The first-order valence-electron chi connectivity index (χ1n) is 12.7. The molecule has 0 radical (unpaired) electrons. The van der Waals surface area contributed by atoms with Gasteiger partial charge < -0.3 is 19.5 Å². The smallest absolute Gasteiger partial charge is 0.132 e. The SMILES string of the molecule is COc1ccc2nccc(CCC[C@@H]3CCN(CCCSc4ccccc4OC)C[C@@H]3CO)c2c1. The molecule has 1 saturated heterocycles. The molecule has 188 valence electrons. The van der Waals surface area contributed by atoms with E-state index >= 15 is 0 Å². The van der Waals surface area contributed by atoms with Gasteiger partial charge >= 0.3 is 0 Å². The number of thioether (sulfide) groups is 1. The molecule has 0 spiro atoms. The number of fused-ring (bicyclic) bond motifs is 1. The van der Waals surface area contributed by atoms with Gasteiger partial charge in [-0.1, -0.05) is 12.1 Å². The van der Waals surface area contributed by atoms with Crippen molar-refractivity contribution in [2.75, 3.05) is 46.2 Å². The van der Waals surface area contributed by atoms with Crippen molar-refractivity contribution in [2.24, 2.45) is 11.8 Å². The second-order valence-corrected chi connectivity index (χ2v) is 10.5. The third-order valence-electron chi connectivity index (χ3n) is 7.22. The second kappa shape index (κ2) is 13.1. The van der Waals surface area contributed by atoms with Crippen LogP contribution < -0.4 is 9.47 Å². The third-order valence-corrected chi connectivity index (χ3v) is 8.36.